The number of aliphatic hydroxyl groups excluding tert-OH is 2. The fourth-order valence-electron chi connectivity index (χ4n) is 0.545. The summed E-state index contributed by atoms with van der Waals surface area (Å²) in [5.41, 5.74) is 1.84. The van der Waals surface area contributed by atoms with Crippen LogP contribution in [-0.4, -0.2) is 23.4 Å². The van der Waals surface area contributed by atoms with Gasteiger partial charge in [-0.05, 0) is 25.0 Å². The highest BCUT2D eigenvalue weighted by Crippen LogP contribution is 1.93. The van der Waals surface area contributed by atoms with Crippen LogP contribution in [-0.2, 0) is 0 Å². The first kappa shape index (κ1) is 11.1. The molecule has 2 N–H and O–H groups in total. The quantitative estimate of drug-likeness (QED) is 0.497. The molecule has 0 saturated heterocycles. The zero-order valence-corrected chi connectivity index (χ0v) is 7.62. The van der Waals surface area contributed by atoms with E-state index in [0.29, 0.717) is 0 Å². The molecule has 0 aromatic heterocycles. The Labute approximate surface area is 73.5 Å². The minimum Gasteiger partial charge on any atom is -0.392 e. The van der Waals surface area contributed by atoms with Gasteiger partial charge in [-0.15, -0.1) is 0 Å². The van der Waals surface area contributed by atoms with E-state index in [1.807, 2.05) is 38.2 Å². The van der Waals surface area contributed by atoms with E-state index in [2.05, 4.69) is 0 Å². The average molecular weight is 172 g/mol. The van der Waals surface area contributed by atoms with Crippen molar-refractivity contribution >= 4 is 0 Å². The number of hydrogen-bond acceptors (Lipinski definition) is 2. The first-order chi connectivity index (χ1) is 5.70. The Morgan fingerprint density at radius 1 is 0.917 bits per heavy atom. The molecular formula is C10H16O2. The summed E-state index contributed by atoms with van der Waals surface area (Å²) in [6.07, 6.45) is 7.34. The first-order valence-corrected chi connectivity index (χ1v) is 3.92. The van der Waals surface area contributed by atoms with Crippen molar-refractivity contribution in [3.8, 4) is 0 Å². The largest absolute Gasteiger partial charge is 0.392 e. The molecule has 0 unspecified atom stereocenters. The Hall–Kier alpha value is -0.860. The lowest BCUT2D eigenvalue weighted by Gasteiger charge is -1.89. The molecule has 0 atom stereocenters. The molecule has 0 amide bonds. The van der Waals surface area contributed by atoms with Crippen LogP contribution in [0.15, 0.2) is 35.5 Å². The number of allylic oxidation sites excluding steroid dienone is 4. The van der Waals surface area contributed by atoms with Crippen molar-refractivity contribution in [2.75, 3.05) is 13.2 Å². The smallest absolute Gasteiger partial charge is 0.0642 e. The number of rotatable bonds is 4. The van der Waals surface area contributed by atoms with E-state index in [1.165, 1.54) is 0 Å². The highest BCUT2D eigenvalue weighted by molar-refractivity contribution is 5.18. The molecule has 0 aromatic rings. The average Bonchev–Trinajstić information content (AvgIpc) is 2.11. The van der Waals surface area contributed by atoms with Gasteiger partial charge in [-0.2, -0.15) is 0 Å². The van der Waals surface area contributed by atoms with Crippen LogP contribution in [0.2, 0.25) is 0 Å². The van der Waals surface area contributed by atoms with E-state index in [4.69, 9.17) is 10.2 Å². The predicted octanol–water partition coefficient (Wildman–Crippen LogP) is 1.42. The molecule has 0 spiro atoms. The molecule has 2 nitrogen and oxygen atoms in total. The van der Waals surface area contributed by atoms with Gasteiger partial charge < -0.3 is 10.2 Å². The summed E-state index contributed by atoms with van der Waals surface area (Å²) in [5, 5.41) is 17.3. The van der Waals surface area contributed by atoms with Gasteiger partial charge in [0.15, 0.2) is 0 Å². The summed E-state index contributed by atoms with van der Waals surface area (Å²) in [6.45, 7) is 3.89. The molecule has 2 heteroatoms. The molecule has 0 saturated carbocycles. The lowest BCUT2D eigenvalue weighted by molar-refractivity contribution is 0.331. The van der Waals surface area contributed by atoms with Crippen LogP contribution in [0.1, 0.15) is 13.8 Å². The molecule has 0 aliphatic carbocycles. The van der Waals surface area contributed by atoms with Gasteiger partial charge in [-0.1, -0.05) is 24.3 Å². The van der Waals surface area contributed by atoms with E-state index < -0.39 is 0 Å². The van der Waals surface area contributed by atoms with Crippen molar-refractivity contribution < 1.29 is 10.2 Å². The second kappa shape index (κ2) is 6.83. The number of aliphatic hydroxyl groups is 2. The second-order valence-electron chi connectivity index (χ2n) is 2.73. The highest BCUT2D eigenvalue weighted by Gasteiger charge is 1.80. The molecule has 68 valence electrons. The maximum atomic E-state index is 8.63. The van der Waals surface area contributed by atoms with E-state index in [9.17, 15) is 0 Å². The van der Waals surface area contributed by atoms with E-state index >= 15 is 0 Å². The van der Waals surface area contributed by atoms with Gasteiger partial charge >= 0.3 is 0 Å². The van der Waals surface area contributed by atoms with Gasteiger partial charge in [0.1, 0.15) is 0 Å². The summed E-state index contributed by atoms with van der Waals surface area (Å²) in [5.74, 6) is 0. The van der Waals surface area contributed by atoms with Gasteiger partial charge in [-0.3, -0.25) is 0 Å². The molecule has 0 aromatic carbocycles. The molecular weight excluding hydrogens is 156 g/mol. The SMILES string of the molecule is C\[13C](=C/C=C/C=[13C](\C)[13CH2]O)[13CH2]O. The van der Waals surface area contributed by atoms with Crippen LogP contribution in [0.4, 0.5) is 0 Å². The predicted molar refractivity (Wildman–Crippen MR) is 50.8 cm³/mol. The Morgan fingerprint density at radius 3 is 1.50 bits per heavy atom. The lowest BCUT2D eigenvalue weighted by atomic mass is 10.5. The molecule has 0 heterocycles. The lowest BCUT2D eigenvalue weighted by Crippen LogP contribution is -1.82. The Bertz CT molecular complexity index is 178. The summed E-state index contributed by atoms with van der Waals surface area (Å²) in [4.78, 5) is 0. The Kier molecular flexibility index (Phi) is 6.34. The van der Waals surface area contributed by atoms with Crippen molar-refractivity contribution in [2.45, 2.75) is 13.8 Å². The van der Waals surface area contributed by atoms with Gasteiger partial charge in [-0.25, -0.2) is 0 Å². The van der Waals surface area contributed by atoms with Crippen molar-refractivity contribution in [3.05, 3.63) is 35.5 Å². The zero-order valence-electron chi connectivity index (χ0n) is 7.62. The van der Waals surface area contributed by atoms with Crippen LogP contribution in [0.3, 0.4) is 0 Å². The summed E-state index contributed by atoms with van der Waals surface area (Å²) in [7, 11) is 0. The van der Waals surface area contributed by atoms with Crippen molar-refractivity contribution in [3.63, 3.8) is 0 Å². The third-order valence-electron chi connectivity index (χ3n) is 1.37. The Morgan fingerprint density at radius 2 is 1.25 bits per heavy atom. The summed E-state index contributed by atoms with van der Waals surface area (Å²) in [6, 6.07) is 0. The molecule has 12 heavy (non-hydrogen) atoms. The molecule has 0 radical (unpaired) electrons. The van der Waals surface area contributed by atoms with Crippen LogP contribution >= 0.6 is 0 Å². The van der Waals surface area contributed by atoms with Crippen molar-refractivity contribution in [2.24, 2.45) is 0 Å². The summed E-state index contributed by atoms with van der Waals surface area (Å²) >= 11 is 0. The molecule has 0 rings (SSSR count). The minimum absolute atomic E-state index is 0.0903. The highest BCUT2D eigenvalue weighted by atomic mass is 16.3. The topological polar surface area (TPSA) is 40.5 Å². The van der Waals surface area contributed by atoms with Gasteiger partial charge in [0.2, 0.25) is 0 Å². The maximum absolute atomic E-state index is 8.63. The summed E-state index contributed by atoms with van der Waals surface area (Å²) < 4.78 is 0. The maximum Gasteiger partial charge on any atom is 0.0642 e. The Balaban J connectivity index is 3.93. The fourth-order valence-corrected chi connectivity index (χ4v) is 0.545. The minimum atomic E-state index is 0.0903. The van der Waals surface area contributed by atoms with Gasteiger partial charge in [0.05, 0.1) is 13.2 Å². The zero-order chi connectivity index (χ0) is 9.40. The van der Waals surface area contributed by atoms with Crippen LogP contribution < -0.4 is 0 Å². The first-order valence-electron chi connectivity index (χ1n) is 3.92. The molecule has 0 bridgehead atoms. The third-order valence-corrected chi connectivity index (χ3v) is 1.37. The third kappa shape index (κ3) is 5.89. The van der Waals surface area contributed by atoms with Crippen molar-refractivity contribution in [1.82, 2.24) is 0 Å². The van der Waals surface area contributed by atoms with Crippen LogP contribution in [0.5, 0.6) is 0 Å². The molecule has 0 aliphatic heterocycles. The monoisotopic (exact) mass is 172 g/mol. The van der Waals surface area contributed by atoms with Gasteiger partial charge in [0.25, 0.3) is 0 Å². The number of hydrogen-bond donors (Lipinski definition) is 2. The van der Waals surface area contributed by atoms with E-state index in [-0.39, 0.29) is 13.2 Å². The van der Waals surface area contributed by atoms with Crippen LogP contribution in [0, 0.1) is 0 Å². The van der Waals surface area contributed by atoms with E-state index in [0.717, 1.165) is 11.1 Å². The van der Waals surface area contributed by atoms with E-state index in [1.54, 1.807) is 0 Å². The van der Waals surface area contributed by atoms with Crippen LogP contribution in [0.25, 0.3) is 0 Å². The standard InChI is InChI=1S/C10H16O2/c1-9(7-11)5-3-4-6-10(2)8-12/h3-6,11-12H,7-8H2,1-2H3/b4-3+,9-5+,10-6+/i7+1,8+1,9+1,10+1. The molecule has 0 aliphatic rings. The van der Waals surface area contributed by atoms with Gasteiger partial charge in [0, 0.05) is 0 Å². The van der Waals surface area contributed by atoms with Crippen molar-refractivity contribution in [1.29, 1.82) is 0 Å². The fraction of sp³-hybridized carbons (Fsp3) is 0.400. The molecule has 0 fully saturated rings. The normalized spacial score (nSPS) is 14.3. The second-order valence-corrected chi connectivity index (χ2v) is 2.73.